The average molecular weight is 456 g/mol. The van der Waals surface area contributed by atoms with E-state index < -0.39 is 17.7 Å². The third-order valence-corrected chi connectivity index (χ3v) is 5.66. The zero-order valence-electron chi connectivity index (χ0n) is 11.8. The van der Waals surface area contributed by atoms with Crippen LogP contribution in [0.25, 0.3) is 0 Å². The first-order valence-corrected chi connectivity index (χ1v) is 9.05. The second-order valence-corrected chi connectivity index (χ2v) is 8.30. The Bertz CT molecular complexity index is 765. The molecule has 2 rings (SSSR count). The minimum Gasteiger partial charge on any atom is -0.369 e. The zero-order chi connectivity index (χ0) is 17.0. The van der Waals surface area contributed by atoms with E-state index in [1.54, 1.807) is 24.3 Å². The van der Waals surface area contributed by atoms with Crippen LogP contribution in [0.5, 0.6) is 0 Å². The number of benzene rings is 1. The second kappa shape index (κ2) is 7.86. The van der Waals surface area contributed by atoms with Crippen LogP contribution in [0.4, 0.5) is 0 Å². The maximum Gasteiger partial charge on any atom is 0.235 e. The molecule has 2 N–H and O–H groups in total. The second-order valence-electron chi connectivity index (χ2n) is 4.89. The fourth-order valence-electron chi connectivity index (χ4n) is 2.22. The summed E-state index contributed by atoms with van der Waals surface area (Å²) in [6.07, 6.45) is 0.0513. The molecular formula is C16H12Br2N2O2S. The Labute approximate surface area is 154 Å². The lowest BCUT2D eigenvalue weighted by Crippen LogP contribution is -2.28. The number of thiophene rings is 1. The van der Waals surface area contributed by atoms with Crippen molar-refractivity contribution in [3.05, 3.63) is 55.1 Å². The fraction of sp³-hybridized carbons (Fsp3) is 0.188. The number of ketones is 1. The Kier molecular flexibility index (Phi) is 6.10. The molecule has 1 amide bonds. The Hall–Kier alpha value is -1.49. The van der Waals surface area contributed by atoms with Gasteiger partial charge in [-0.25, -0.2) is 0 Å². The van der Waals surface area contributed by atoms with E-state index >= 15 is 0 Å². The zero-order valence-corrected chi connectivity index (χ0v) is 15.8. The van der Waals surface area contributed by atoms with Crippen LogP contribution in [0, 0.1) is 17.2 Å². The molecule has 0 aliphatic carbocycles. The van der Waals surface area contributed by atoms with Gasteiger partial charge < -0.3 is 5.73 Å². The third kappa shape index (κ3) is 4.50. The van der Waals surface area contributed by atoms with Gasteiger partial charge in [-0.2, -0.15) is 5.26 Å². The van der Waals surface area contributed by atoms with Crippen molar-refractivity contribution in [2.75, 3.05) is 0 Å². The predicted molar refractivity (Wildman–Crippen MR) is 96.1 cm³/mol. The van der Waals surface area contributed by atoms with Crippen LogP contribution in [0.15, 0.2) is 44.7 Å². The molecule has 0 bridgehead atoms. The molecule has 0 fully saturated rings. The van der Waals surface area contributed by atoms with Crippen LogP contribution in [0.1, 0.15) is 27.6 Å². The van der Waals surface area contributed by atoms with Crippen molar-refractivity contribution in [1.82, 2.24) is 0 Å². The van der Waals surface area contributed by atoms with Crippen LogP contribution in [0.3, 0.4) is 0 Å². The van der Waals surface area contributed by atoms with Crippen LogP contribution >= 0.6 is 43.2 Å². The fourth-order valence-corrected chi connectivity index (χ4v) is 4.04. The van der Waals surface area contributed by atoms with Gasteiger partial charge in [0.05, 0.1) is 9.86 Å². The molecule has 118 valence electrons. The van der Waals surface area contributed by atoms with Gasteiger partial charge in [0.2, 0.25) is 5.91 Å². The summed E-state index contributed by atoms with van der Waals surface area (Å²) in [5.41, 5.74) is 5.88. The van der Waals surface area contributed by atoms with E-state index in [0.717, 1.165) is 13.1 Å². The molecule has 1 heterocycles. The summed E-state index contributed by atoms with van der Waals surface area (Å²) in [6, 6.07) is 12.5. The van der Waals surface area contributed by atoms with Crippen molar-refractivity contribution >= 4 is 54.9 Å². The molecule has 7 heteroatoms. The van der Waals surface area contributed by atoms with Crippen molar-refractivity contribution < 1.29 is 9.59 Å². The van der Waals surface area contributed by atoms with Gasteiger partial charge in [-0.1, -0.05) is 28.1 Å². The van der Waals surface area contributed by atoms with Crippen LogP contribution in [0.2, 0.25) is 0 Å². The Morgan fingerprint density at radius 3 is 2.30 bits per heavy atom. The maximum absolute atomic E-state index is 12.5. The van der Waals surface area contributed by atoms with E-state index in [1.165, 1.54) is 11.3 Å². The molecular weight excluding hydrogens is 444 g/mol. The number of Topliss-reactive ketones (excluding diaryl/α,β-unsaturated/α-hetero) is 1. The van der Waals surface area contributed by atoms with Gasteiger partial charge in [-0.05, 0) is 40.2 Å². The average Bonchev–Trinajstić information content (AvgIpc) is 2.93. The van der Waals surface area contributed by atoms with Crippen LogP contribution in [-0.4, -0.2) is 11.7 Å². The lowest BCUT2D eigenvalue weighted by molar-refractivity contribution is -0.120. The molecule has 0 radical (unpaired) electrons. The molecule has 1 aromatic heterocycles. The normalized spacial score (nSPS) is 13.1. The summed E-state index contributed by atoms with van der Waals surface area (Å²) in [4.78, 5) is 24.9. The number of nitriles is 1. The van der Waals surface area contributed by atoms with Gasteiger partial charge in [0.25, 0.3) is 0 Å². The van der Waals surface area contributed by atoms with E-state index in [9.17, 15) is 14.9 Å². The molecule has 0 aliphatic heterocycles. The predicted octanol–water partition coefficient (Wildman–Crippen LogP) is 4.25. The maximum atomic E-state index is 12.5. The third-order valence-electron chi connectivity index (χ3n) is 3.38. The number of halogens is 2. The highest BCUT2D eigenvalue weighted by Crippen LogP contribution is 2.36. The molecule has 2 unspecified atom stereocenters. The Morgan fingerprint density at radius 1 is 1.17 bits per heavy atom. The molecule has 0 spiro atoms. The summed E-state index contributed by atoms with van der Waals surface area (Å²) >= 11 is 8.07. The van der Waals surface area contributed by atoms with Crippen molar-refractivity contribution in [2.24, 2.45) is 11.7 Å². The summed E-state index contributed by atoms with van der Waals surface area (Å²) in [5, 5.41) is 9.28. The van der Waals surface area contributed by atoms with Gasteiger partial charge in [0, 0.05) is 27.3 Å². The lowest BCUT2D eigenvalue weighted by Gasteiger charge is -2.18. The van der Waals surface area contributed by atoms with E-state index in [2.05, 4.69) is 31.9 Å². The van der Waals surface area contributed by atoms with Gasteiger partial charge in [-0.15, -0.1) is 11.3 Å². The topological polar surface area (TPSA) is 83.9 Å². The number of amides is 1. The van der Waals surface area contributed by atoms with E-state index in [4.69, 9.17) is 5.73 Å². The van der Waals surface area contributed by atoms with E-state index in [1.807, 2.05) is 18.2 Å². The molecule has 4 nitrogen and oxygen atoms in total. The summed E-state index contributed by atoms with van der Waals surface area (Å²) in [5.74, 6) is -2.44. The number of primary amides is 1. The highest BCUT2D eigenvalue weighted by Gasteiger charge is 2.31. The van der Waals surface area contributed by atoms with Gasteiger partial charge in [-0.3, -0.25) is 9.59 Å². The number of nitrogens with two attached hydrogens (primary N) is 1. The summed E-state index contributed by atoms with van der Waals surface area (Å²) in [7, 11) is 0. The first kappa shape index (κ1) is 17.9. The summed E-state index contributed by atoms with van der Waals surface area (Å²) < 4.78 is 1.74. The van der Waals surface area contributed by atoms with Crippen molar-refractivity contribution in [1.29, 1.82) is 5.26 Å². The molecule has 2 atom stereocenters. The molecule has 0 saturated heterocycles. The molecule has 23 heavy (non-hydrogen) atoms. The van der Waals surface area contributed by atoms with Crippen molar-refractivity contribution in [2.45, 2.75) is 12.3 Å². The lowest BCUT2D eigenvalue weighted by atomic mass is 9.85. The molecule has 1 aromatic carbocycles. The molecule has 0 saturated carbocycles. The Balaban J connectivity index is 2.31. The highest BCUT2D eigenvalue weighted by atomic mass is 79.9. The highest BCUT2D eigenvalue weighted by molar-refractivity contribution is 9.11. The quantitative estimate of drug-likeness (QED) is 0.660. The van der Waals surface area contributed by atoms with Crippen LogP contribution < -0.4 is 5.73 Å². The number of carbonyl (C=O) groups is 2. The van der Waals surface area contributed by atoms with Gasteiger partial charge in [0.1, 0.15) is 5.92 Å². The number of hydrogen-bond acceptors (Lipinski definition) is 4. The number of hydrogen-bond donors (Lipinski definition) is 1. The van der Waals surface area contributed by atoms with Gasteiger partial charge >= 0.3 is 0 Å². The van der Waals surface area contributed by atoms with Crippen molar-refractivity contribution in [3.8, 4) is 6.07 Å². The van der Waals surface area contributed by atoms with Crippen LogP contribution in [-0.2, 0) is 4.79 Å². The van der Waals surface area contributed by atoms with E-state index in [-0.39, 0.29) is 12.2 Å². The first-order chi connectivity index (χ1) is 10.9. The smallest absolute Gasteiger partial charge is 0.235 e. The monoisotopic (exact) mass is 454 g/mol. The number of carbonyl (C=O) groups excluding carboxylic acids is 2. The van der Waals surface area contributed by atoms with E-state index in [0.29, 0.717) is 5.56 Å². The standard InChI is InChI=1S/C16H12Br2N2O2S/c17-10-3-1-9(2-4-10)13(21)7-11(12(8-19)16(20)22)14-5-6-15(18)23-14/h1-6,11-12H,7H2,(H2,20,22). The Morgan fingerprint density at radius 2 is 1.83 bits per heavy atom. The minimum absolute atomic E-state index is 0.0513. The molecule has 0 aliphatic rings. The summed E-state index contributed by atoms with van der Waals surface area (Å²) in [6.45, 7) is 0. The first-order valence-electron chi connectivity index (χ1n) is 6.65. The number of nitrogens with zero attached hydrogens (tertiary/aromatic N) is 1. The largest absolute Gasteiger partial charge is 0.369 e. The molecule has 2 aromatic rings. The minimum atomic E-state index is -1.04. The number of rotatable bonds is 6. The SMILES string of the molecule is N#CC(C(N)=O)C(CC(=O)c1ccc(Br)cc1)c1ccc(Br)s1. The van der Waals surface area contributed by atoms with Crippen molar-refractivity contribution in [3.63, 3.8) is 0 Å². The van der Waals surface area contributed by atoms with Gasteiger partial charge in [0.15, 0.2) is 5.78 Å².